The number of non-ortho nitro benzene ring substituents is 1. The van der Waals surface area contributed by atoms with Crippen molar-refractivity contribution in [1.29, 1.82) is 0 Å². The second-order valence-electron chi connectivity index (χ2n) is 3.73. The second-order valence-corrected chi connectivity index (χ2v) is 4.99. The average molecular weight is 357 g/mol. The van der Waals surface area contributed by atoms with E-state index >= 15 is 0 Å². The lowest BCUT2D eigenvalue weighted by atomic mass is 10.2. The average Bonchev–Trinajstić information content (AvgIpc) is 2.41. The van der Waals surface area contributed by atoms with Crippen LogP contribution >= 0.6 is 27.5 Å². The Morgan fingerprint density at radius 2 is 2.15 bits per heavy atom. The van der Waals surface area contributed by atoms with Crippen LogP contribution < -0.4 is 5.32 Å². The third kappa shape index (κ3) is 3.12. The molecule has 1 amide bonds. The summed E-state index contributed by atoms with van der Waals surface area (Å²) in [5.74, 6) is -0.474. The summed E-state index contributed by atoms with van der Waals surface area (Å²) in [6.07, 6.45) is 2.78. The van der Waals surface area contributed by atoms with Crippen LogP contribution in [0.2, 0.25) is 5.02 Å². The molecule has 0 unspecified atom stereocenters. The Labute approximate surface area is 127 Å². The van der Waals surface area contributed by atoms with Gasteiger partial charge in [-0.15, -0.1) is 0 Å². The molecule has 0 aliphatic heterocycles. The summed E-state index contributed by atoms with van der Waals surface area (Å²) < 4.78 is 0.529. The van der Waals surface area contributed by atoms with Crippen LogP contribution in [0.25, 0.3) is 0 Å². The zero-order valence-electron chi connectivity index (χ0n) is 9.84. The quantitative estimate of drug-likeness (QED) is 0.672. The lowest BCUT2D eigenvalue weighted by molar-refractivity contribution is -0.384. The van der Waals surface area contributed by atoms with Gasteiger partial charge in [0.25, 0.3) is 11.6 Å². The number of carbonyl (C=O) groups excluding carboxylic acids is 1. The lowest BCUT2D eigenvalue weighted by Crippen LogP contribution is -2.13. The highest BCUT2D eigenvalue weighted by atomic mass is 79.9. The molecule has 1 N–H and O–H groups in total. The van der Waals surface area contributed by atoms with Crippen LogP contribution in [0.3, 0.4) is 0 Å². The molecule has 0 radical (unpaired) electrons. The predicted octanol–water partition coefficient (Wildman–Crippen LogP) is 3.66. The molecule has 0 aliphatic rings. The second kappa shape index (κ2) is 5.98. The van der Waals surface area contributed by atoms with Gasteiger partial charge in [-0.05, 0) is 28.1 Å². The van der Waals surface area contributed by atoms with Crippen molar-refractivity contribution in [2.75, 3.05) is 5.32 Å². The van der Waals surface area contributed by atoms with E-state index in [-0.39, 0.29) is 22.0 Å². The summed E-state index contributed by atoms with van der Waals surface area (Å²) in [5.41, 5.74) is 0.404. The first kappa shape index (κ1) is 14.4. The maximum Gasteiger partial charge on any atom is 0.271 e. The number of halogens is 2. The number of aromatic nitrogens is 1. The summed E-state index contributed by atoms with van der Waals surface area (Å²) in [6.45, 7) is 0. The van der Waals surface area contributed by atoms with Gasteiger partial charge >= 0.3 is 0 Å². The van der Waals surface area contributed by atoms with E-state index in [0.29, 0.717) is 4.47 Å². The van der Waals surface area contributed by atoms with Crippen LogP contribution in [0.4, 0.5) is 11.4 Å². The van der Waals surface area contributed by atoms with Crippen molar-refractivity contribution in [3.63, 3.8) is 0 Å². The molecule has 102 valence electrons. The highest BCUT2D eigenvalue weighted by Crippen LogP contribution is 2.28. The molecule has 0 aliphatic carbocycles. The van der Waals surface area contributed by atoms with Crippen molar-refractivity contribution in [3.8, 4) is 0 Å². The Balaban J connectivity index is 2.30. The molecule has 8 heteroatoms. The highest BCUT2D eigenvalue weighted by Gasteiger charge is 2.14. The fourth-order valence-electron chi connectivity index (χ4n) is 1.47. The fraction of sp³-hybridized carbons (Fsp3) is 0. The van der Waals surface area contributed by atoms with Crippen LogP contribution in [-0.4, -0.2) is 15.8 Å². The molecule has 0 saturated carbocycles. The van der Waals surface area contributed by atoms with Crippen molar-refractivity contribution < 1.29 is 9.72 Å². The molecule has 0 atom stereocenters. The molecule has 1 heterocycles. The van der Waals surface area contributed by atoms with E-state index < -0.39 is 10.8 Å². The summed E-state index contributed by atoms with van der Waals surface area (Å²) in [4.78, 5) is 26.0. The molecule has 0 spiro atoms. The molecule has 0 saturated heterocycles. The van der Waals surface area contributed by atoms with Crippen molar-refractivity contribution in [1.82, 2.24) is 4.98 Å². The highest BCUT2D eigenvalue weighted by molar-refractivity contribution is 9.10. The van der Waals surface area contributed by atoms with Crippen LogP contribution in [0.15, 0.2) is 41.1 Å². The predicted molar refractivity (Wildman–Crippen MR) is 78.0 cm³/mol. The Hall–Kier alpha value is -1.99. The number of rotatable bonds is 3. The monoisotopic (exact) mass is 355 g/mol. The first-order valence-electron chi connectivity index (χ1n) is 5.34. The van der Waals surface area contributed by atoms with Crippen LogP contribution in [0, 0.1) is 10.1 Å². The minimum atomic E-state index is -0.540. The third-order valence-electron chi connectivity index (χ3n) is 2.43. The molecule has 2 rings (SSSR count). The number of nitro groups is 1. The van der Waals surface area contributed by atoms with E-state index in [0.717, 1.165) is 0 Å². The summed E-state index contributed by atoms with van der Waals surface area (Å²) >= 11 is 9.08. The van der Waals surface area contributed by atoms with Crippen molar-refractivity contribution in [2.45, 2.75) is 0 Å². The third-order valence-corrected chi connectivity index (χ3v) is 3.42. The Kier molecular flexibility index (Phi) is 4.31. The molecule has 0 fully saturated rings. The Bertz CT molecular complexity index is 693. The van der Waals surface area contributed by atoms with E-state index in [1.165, 1.54) is 36.7 Å². The van der Waals surface area contributed by atoms with Gasteiger partial charge in [-0.3, -0.25) is 19.9 Å². The number of pyridine rings is 1. The van der Waals surface area contributed by atoms with E-state index in [2.05, 4.69) is 26.2 Å². The zero-order chi connectivity index (χ0) is 14.7. The maximum atomic E-state index is 12.1. The van der Waals surface area contributed by atoms with Gasteiger partial charge in [0.15, 0.2) is 0 Å². The first-order valence-corrected chi connectivity index (χ1v) is 6.51. The lowest BCUT2D eigenvalue weighted by Gasteiger charge is -2.08. The minimum Gasteiger partial charge on any atom is -0.321 e. The van der Waals surface area contributed by atoms with E-state index in [1.807, 2.05) is 0 Å². The number of nitro benzene ring substituents is 1. The van der Waals surface area contributed by atoms with Crippen molar-refractivity contribution >= 4 is 44.8 Å². The smallest absolute Gasteiger partial charge is 0.271 e. The molecule has 20 heavy (non-hydrogen) atoms. The molecule has 1 aromatic heterocycles. The van der Waals surface area contributed by atoms with Crippen LogP contribution in [0.1, 0.15) is 10.4 Å². The zero-order valence-corrected chi connectivity index (χ0v) is 12.2. The van der Waals surface area contributed by atoms with Gasteiger partial charge < -0.3 is 5.32 Å². The number of nitrogens with zero attached hydrogens (tertiary/aromatic N) is 2. The van der Waals surface area contributed by atoms with Gasteiger partial charge in [-0.1, -0.05) is 11.6 Å². The molecule has 0 bridgehead atoms. The number of anilines is 1. The van der Waals surface area contributed by atoms with Gasteiger partial charge in [0, 0.05) is 29.0 Å². The summed E-state index contributed by atoms with van der Waals surface area (Å²) in [6, 6.07) is 5.54. The van der Waals surface area contributed by atoms with Gasteiger partial charge in [-0.2, -0.15) is 0 Å². The topological polar surface area (TPSA) is 85.1 Å². The normalized spacial score (nSPS) is 10.1. The summed E-state index contributed by atoms with van der Waals surface area (Å²) in [7, 11) is 0. The van der Waals surface area contributed by atoms with E-state index in [1.54, 1.807) is 0 Å². The number of amides is 1. The number of hydrogen-bond donors (Lipinski definition) is 1. The number of hydrogen-bond acceptors (Lipinski definition) is 4. The molecule has 2 aromatic rings. The standard InChI is InChI=1S/C12H7BrClN3O3/c13-9-2-1-7(17(19)20)5-11(9)16-12(18)8-3-4-15-6-10(8)14/h1-6H,(H,16,18). The molecule has 6 nitrogen and oxygen atoms in total. The number of carbonyl (C=O) groups is 1. The molecule has 1 aromatic carbocycles. The Morgan fingerprint density at radius 3 is 2.80 bits per heavy atom. The van der Waals surface area contributed by atoms with Gasteiger partial charge in [0.1, 0.15) is 0 Å². The van der Waals surface area contributed by atoms with Crippen LogP contribution in [-0.2, 0) is 0 Å². The number of nitrogens with one attached hydrogen (secondary N) is 1. The van der Waals surface area contributed by atoms with E-state index in [4.69, 9.17) is 11.6 Å². The summed E-state index contributed by atoms with van der Waals surface area (Å²) in [5, 5.41) is 13.5. The number of benzene rings is 1. The van der Waals surface area contributed by atoms with Gasteiger partial charge in [0.05, 0.1) is 21.2 Å². The Morgan fingerprint density at radius 1 is 1.40 bits per heavy atom. The van der Waals surface area contributed by atoms with Crippen molar-refractivity contribution in [3.05, 3.63) is 61.8 Å². The molecular weight excluding hydrogens is 350 g/mol. The van der Waals surface area contributed by atoms with Gasteiger partial charge in [0.2, 0.25) is 0 Å². The van der Waals surface area contributed by atoms with Gasteiger partial charge in [-0.25, -0.2) is 0 Å². The minimum absolute atomic E-state index is 0.121. The van der Waals surface area contributed by atoms with Crippen LogP contribution in [0.5, 0.6) is 0 Å². The largest absolute Gasteiger partial charge is 0.321 e. The van der Waals surface area contributed by atoms with Crippen molar-refractivity contribution in [2.24, 2.45) is 0 Å². The van der Waals surface area contributed by atoms with E-state index in [9.17, 15) is 14.9 Å². The SMILES string of the molecule is O=C(Nc1cc([N+](=O)[O-])ccc1Br)c1ccncc1Cl. The molecular formula is C12H7BrClN3O3. The fourth-order valence-corrected chi connectivity index (χ4v) is 2.02. The first-order chi connectivity index (χ1) is 9.49. The maximum absolute atomic E-state index is 12.1.